The van der Waals surface area contributed by atoms with Gasteiger partial charge in [0.2, 0.25) is 0 Å². The molecule has 9 rings (SSSR count). The summed E-state index contributed by atoms with van der Waals surface area (Å²) in [6, 6.07) is 61.9. The second-order valence-corrected chi connectivity index (χ2v) is 16.3. The van der Waals surface area contributed by atoms with E-state index in [2.05, 4.69) is 192 Å². The number of hydrogen-bond acceptors (Lipinski definition) is 2. The summed E-state index contributed by atoms with van der Waals surface area (Å²) in [7, 11) is 0. The number of benzene rings is 7. The molecular formula is C59H50N2. The lowest BCUT2D eigenvalue weighted by Crippen LogP contribution is -1.93. The predicted molar refractivity (Wildman–Crippen MR) is 259 cm³/mol. The molecule has 7 aromatic carbocycles. The molecule has 2 heteroatoms. The van der Waals surface area contributed by atoms with Crippen molar-refractivity contribution in [1.82, 2.24) is 9.97 Å². The van der Waals surface area contributed by atoms with Gasteiger partial charge in [0.15, 0.2) is 0 Å². The molecule has 0 saturated carbocycles. The van der Waals surface area contributed by atoms with Crippen LogP contribution in [0.4, 0.5) is 0 Å². The standard InChI is InChI=1S/C59H50N2/c1-7-43-36-47(21-28-55(43)50-15-9-8-14-38(50)2)46-20-26-52(41(5)34-46)51-24-18-44(32-39(51)3)45-19-25-53(40(4)33-45)54-27-22-48(35-42(54)6)57-37-49(58-16-10-12-30-60-58)23-29-56(57)59-17-11-13-31-61-59/h8-37H,7H2,1-6H3. The number of aryl methyl sites for hydroxylation is 6. The molecule has 0 bridgehead atoms. The minimum absolute atomic E-state index is 0.955. The fraction of sp³-hybridized carbons (Fsp3) is 0.119. The smallest absolute Gasteiger partial charge is 0.0708 e. The first-order valence-corrected chi connectivity index (χ1v) is 21.4. The summed E-state index contributed by atoms with van der Waals surface area (Å²) in [4.78, 5) is 9.35. The molecule has 0 aliphatic carbocycles. The van der Waals surface area contributed by atoms with Gasteiger partial charge in [-0.2, -0.15) is 0 Å². The third-order valence-electron chi connectivity index (χ3n) is 12.3. The van der Waals surface area contributed by atoms with Crippen LogP contribution in [0, 0.1) is 34.6 Å². The monoisotopic (exact) mass is 786 g/mol. The Balaban J connectivity index is 0.974. The van der Waals surface area contributed by atoms with Gasteiger partial charge in [-0.1, -0.05) is 146 Å². The number of hydrogen-bond donors (Lipinski definition) is 0. The highest BCUT2D eigenvalue weighted by Crippen LogP contribution is 2.39. The van der Waals surface area contributed by atoms with E-state index >= 15 is 0 Å². The number of pyridine rings is 2. The van der Waals surface area contributed by atoms with Gasteiger partial charge in [-0.15, -0.1) is 0 Å². The van der Waals surface area contributed by atoms with E-state index in [-0.39, 0.29) is 0 Å². The molecule has 0 aliphatic rings. The van der Waals surface area contributed by atoms with E-state index in [1.807, 2.05) is 36.7 Å². The Hall–Kier alpha value is -7.16. The minimum Gasteiger partial charge on any atom is -0.256 e. The predicted octanol–water partition coefficient (Wildman–Crippen LogP) is 15.9. The summed E-state index contributed by atoms with van der Waals surface area (Å²) < 4.78 is 0. The normalized spacial score (nSPS) is 11.2. The van der Waals surface area contributed by atoms with E-state index in [0.29, 0.717) is 0 Å². The van der Waals surface area contributed by atoms with Crippen molar-refractivity contribution < 1.29 is 0 Å². The van der Waals surface area contributed by atoms with Gasteiger partial charge in [0.05, 0.1) is 11.4 Å². The lowest BCUT2D eigenvalue weighted by atomic mass is 9.88. The molecule has 296 valence electrons. The van der Waals surface area contributed by atoms with E-state index in [1.54, 1.807) is 0 Å². The topological polar surface area (TPSA) is 25.8 Å². The third-order valence-corrected chi connectivity index (χ3v) is 12.3. The molecule has 0 N–H and O–H groups in total. The van der Waals surface area contributed by atoms with Gasteiger partial charge in [-0.3, -0.25) is 9.97 Å². The van der Waals surface area contributed by atoms with Crippen LogP contribution >= 0.6 is 0 Å². The fourth-order valence-corrected chi connectivity index (χ4v) is 8.99. The van der Waals surface area contributed by atoms with Gasteiger partial charge in [-0.25, -0.2) is 0 Å². The van der Waals surface area contributed by atoms with E-state index in [1.165, 1.54) is 89.0 Å². The molecule has 0 fully saturated rings. The van der Waals surface area contributed by atoms with Crippen LogP contribution in [0.15, 0.2) is 182 Å². The number of nitrogens with zero attached hydrogens (tertiary/aromatic N) is 2. The summed E-state index contributed by atoms with van der Waals surface area (Å²) in [6.45, 7) is 13.4. The molecule has 0 radical (unpaired) electrons. The van der Waals surface area contributed by atoms with Crippen molar-refractivity contribution in [3.63, 3.8) is 0 Å². The van der Waals surface area contributed by atoms with Crippen molar-refractivity contribution in [3.8, 4) is 89.3 Å². The fourth-order valence-electron chi connectivity index (χ4n) is 8.99. The maximum Gasteiger partial charge on any atom is 0.0708 e. The lowest BCUT2D eigenvalue weighted by molar-refractivity contribution is 1.14. The van der Waals surface area contributed by atoms with E-state index < -0.39 is 0 Å². The quantitative estimate of drug-likeness (QED) is 0.146. The first-order valence-electron chi connectivity index (χ1n) is 21.4. The van der Waals surface area contributed by atoms with Crippen molar-refractivity contribution in [3.05, 3.63) is 216 Å². The molecule has 9 aromatic rings. The Labute approximate surface area is 361 Å². The van der Waals surface area contributed by atoms with E-state index in [9.17, 15) is 0 Å². The number of aromatic nitrogens is 2. The Morgan fingerprint density at radius 2 is 0.705 bits per heavy atom. The summed E-state index contributed by atoms with van der Waals surface area (Å²) in [5.41, 5.74) is 26.8. The largest absolute Gasteiger partial charge is 0.256 e. The summed E-state index contributed by atoms with van der Waals surface area (Å²) in [5.74, 6) is 0. The molecule has 2 aromatic heterocycles. The Kier molecular flexibility index (Phi) is 10.8. The lowest BCUT2D eigenvalue weighted by Gasteiger charge is -2.17. The first-order chi connectivity index (χ1) is 29.7. The average molecular weight is 787 g/mol. The average Bonchev–Trinajstić information content (AvgIpc) is 3.29. The zero-order chi connectivity index (χ0) is 42.0. The highest BCUT2D eigenvalue weighted by Gasteiger charge is 2.16. The van der Waals surface area contributed by atoms with Crippen molar-refractivity contribution in [2.24, 2.45) is 0 Å². The molecule has 0 saturated heterocycles. The van der Waals surface area contributed by atoms with Crippen LogP contribution < -0.4 is 0 Å². The highest BCUT2D eigenvalue weighted by atomic mass is 14.7. The van der Waals surface area contributed by atoms with Crippen LogP contribution in [0.1, 0.15) is 40.3 Å². The molecule has 2 nitrogen and oxygen atoms in total. The highest BCUT2D eigenvalue weighted by molar-refractivity contribution is 5.88. The molecule has 0 aliphatic heterocycles. The van der Waals surface area contributed by atoms with Crippen molar-refractivity contribution in [1.29, 1.82) is 0 Å². The third kappa shape index (κ3) is 7.86. The molecule has 61 heavy (non-hydrogen) atoms. The molecule has 0 amide bonds. The molecule has 0 unspecified atom stereocenters. The minimum atomic E-state index is 0.955. The summed E-state index contributed by atoms with van der Waals surface area (Å²) in [5, 5.41) is 0. The van der Waals surface area contributed by atoms with Crippen LogP contribution in [0.25, 0.3) is 89.3 Å². The summed E-state index contributed by atoms with van der Waals surface area (Å²) >= 11 is 0. The molecule has 0 atom stereocenters. The second kappa shape index (κ2) is 16.8. The van der Waals surface area contributed by atoms with Crippen LogP contribution in [-0.2, 0) is 6.42 Å². The van der Waals surface area contributed by atoms with E-state index in [4.69, 9.17) is 4.98 Å². The van der Waals surface area contributed by atoms with E-state index in [0.717, 1.165) is 40.1 Å². The zero-order valence-electron chi connectivity index (χ0n) is 35.9. The van der Waals surface area contributed by atoms with Gasteiger partial charge >= 0.3 is 0 Å². The van der Waals surface area contributed by atoms with Gasteiger partial charge in [0, 0.05) is 23.5 Å². The van der Waals surface area contributed by atoms with Gasteiger partial charge in [0.1, 0.15) is 0 Å². The Morgan fingerprint density at radius 1 is 0.295 bits per heavy atom. The first kappa shape index (κ1) is 39.3. The van der Waals surface area contributed by atoms with Crippen molar-refractivity contribution in [2.45, 2.75) is 48.0 Å². The van der Waals surface area contributed by atoms with Gasteiger partial charge in [-0.05, 0) is 172 Å². The molecule has 2 heterocycles. The van der Waals surface area contributed by atoms with Crippen LogP contribution in [0.5, 0.6) is 0 Å². The Morgan fingerprint density at radius 3 is 1.20 bits per heavy atom. The second-order valence-electron chi connectivity index (χ2n) is 16.3. The summed E-state index contributed by atoms with van der Waals surface area (Å²) in [6.07, 6.45) is 4.70. The van der Waals surface area contributed by atoms with Crippen LogP contribution in [0.3, 0.4) is 0 Å². The number of rotatable bonds is 9. The van der Waals surface area contributed by atoms with Crippen molar-refractivity contribution >= 4 is 0 Å². The Bertz CT molecular complexity index is 3050. The van der Waals surface area contributed by atoms with Crippen LogP contribution in [-0.4, -0.2) is 9.97 Å². The maximum atomic E-state index is 4.71. The maximum absolute atomic E-state index is 4.71. The molecular weight excluding hydrogens is 737 g/mol. The van der Waals surface area contributed by atoms with Gasteiger partial charge in [0.25, 0.3) is 0 Å². The van der Waals surface area contributed by atoms with Gasteiger partial charge < -0.3 is 0 Å². The SMILES string of the molecule is CCc1cc(-c2ccc(-c3ccc(-c4ccc(-c5ccc(-c6cc(-c7ccccn7)ccc6-c6ccccn6)cc5C)c(C)c4)cc3C)c(C)c2)ccc1-c1ccccc1C. The zero-order valence-corrected chi connectivity index (χ0v) is 35.9. The molecule has 0 spiro atoms. The van der Waals surface area contributed by atoms with Crippen molar-refractivity contribution in [2.75, 3.05) is 0 Å². The van der Waals surface area contributed by atoms with Crippen LogP contribution in [0.2, 0.25) is 0 Å².